The Morgan fingerprint density at radius 3 is 2.88 bits per heavy atom. The van der Waals surface area contributed by atoms with Crippen LogP contribution >= 0.6 is 11.6 Å². The highest BCUT2D eigenvalue weighted by Gasteiger charge is 2.36. The van der Waals surface area contributed by atoms with E-state index >= 15 is 0 Å². The second-order valence-corrected chi connectivity index (χ2v) is 6.14. The van der Waals surface area contributed by atoms with Gasteiger partial charge in [-0.15, -0.1) is 0 Å². The summed E-state index contributed by atoms with van der Waals surface area (Å²) in [6.45, 7) is 1.54. The molecule has 0 radical (unpaired) electrons. The summed E-state index contributed by atoms with van der Waals surface area (Å²) in [6, 6.07) is 14.8. The number of fused-ring (bicyclic) bond motifs is 1. The maximum absolute atomic E-state index is 12.1. The van der Waals surface area contributed by atoms with Crippen LogP contribution in [0.15, 0.2) is 53.1 Å². The molecule has 4 rings (SSSR count). The summed E-state index contributed by atoms with van der Waals surface area (Å²) in [4.78, 5) is 18.3. The van der Waals surface area contributed by atoms with Gasteiger partial charge in [0, 0.05) is 29.6 Å². The lowest BCUT2D eigenvalue weighted by Crippen LogP contribution is -2.30. The van der Waals surface area contributed by atoms with Gasteiger partial charge in [0.05, 0.1) is 0 Å². The predicted molar refractivity (Wildman–Crippen MR) is 90.8 cm³/mol. The minimum atomic E-state index is -0.277. The van der Waals surface area contributed by atoms with Crippen LogP contribution in [0.5, 0.6) is 0 Å². The van der Waals surface area contributed by atoms with Gasteiger partial charge in [-0.2, -0.15) is 4.98 Å². The van der Waals surface area contributed by atoms with Gasteiger partial charge in [0.1, 0.15) is 6.04 Å². The van der Waals surface area contributed by atoms with Gasteiger partial charge in [0.25, 0.3) is 0 Å². The lowest BCUT2D eigenvalue weighted by Gasteiger charge is -2.21. The van der Waals surface area contributed by atoms with E-state index in [9.17, 15) is 4.79 Å². The van der Waals surface area contributed by atoms with Gasteiger partial charge in [-0.05, 0) is 23.8 Å². The molecular formula is C18H14ClN3O2. The lowest BCUT2D eigenvalue weighted by atomic mass is 10.1. The Balaban J connectivity index is 1.71. The number of benzene rings is 2. The fourth-order valence-corrected chi connectivity index (χ4v) is 3.28. The van der Waals surface area contributed by atoms with Crippen molar-refractivity contribution in [2.24, 2.45) is 0 Å². The number of carbonyl (C=O) groups excluding carboxylic acids is 1. The summed E-state index contributed by atoms with van der Waals surface area (Å²) in [7, 11) is 0. The number of anilines is 1. The van der Waals surface area contributed by atoms with Gasteiger partial charge in [-0.3, -0.25) is 9.69 Å². The minimum absolute atomic E-state index is 0.0487. The summed E-state index contributed by atoms with van der Waals surface area (Å²) >= 11 is 6.02. The standard InChI is InChI=1S/C18H14ClN3O2/c1-11(23)22-15-8-3-2-5-12(15)10-16(22)18-20-17(21-24-18)13-6-4-7-14(19)9-13/h2-9,16H,10H2,1H3/t16-/m0/s1. The topological polar surface area (TPSA) is 59.2 Å². The molecule has 0 unspecified atom stereocenters. The van der Waals surface area contributed by atoms with Crippen LogP contribution in [-0.2, 0) is 11.2 Å². The van der Waals surface area contributed by atoms with E-state index in [0.29, 0.717) is 23.2 Å². The van der Waals surface area contributed by atoms with Gasteiger partial charge in [-0.1, -0.05) is 47.1 Å². The Morgan fingerprint density at radius 2 is 2.08 bits per heavy atom. The molecule has 1 aromatic heterocycles. The number of rotatable bonds is 2. The van der Waals surface area contributed by atoms with Crippen LogP contribution < -0.4 is 4.90 Å². The SMILES string of the molecule is CC(=O)N1c2ccccc2C[C@H]1c1nc(-c2cccc(Cl)c2)no1. The second-order valence-electron chi connectivity index (χ2n) is 5.70. The second kappa shape index (κ2) is 5.76. The Morgan fingerprint density at radius 1 is 1.25 bits per heavy atom. The molecule has 0 fully saturated rings. The molecule has 0 saturated heterocycles. The van der Waals surface area contributed by atoms with Crippen molar-refractivity contribution >= 4 is 23.2 Å². The van der Waals surface area contributed by atoms with E-state index in [1.165, 1.54) is 0 Å². The van der Waals surface area contributed by atoms with E-state index in [4.69, 9.17) is 16.1 Å². The smallest absolute Gasteiger partial charge is 0.250 e. The van der Waals surface area contributed by atoms with E-state index in [2.05, 4.69) is 10.1 Å². The molecule has 1 aliphatic heterocycles. The van der Waals surface area contributed by atoms with Crippen molar-refractivity contribution in [3.63, 3.8) is 0 Å². The largest absolute Gasteiger partial charge is 0.337 e. The molecule has 5 nitrogen and oxygen atoms in total. The summed E-state index contributed by atoms with van der Waals surface area (Å²) in [5.74, 6) is 0.843. The maximum atomic E-state index is 12.1. The summed E-state index contributed by atoms with van der Waals surface area (Å²) < 4.78 is 5.46. The summed E-state index contributed by atoms with van der Waals surface area (Å²) in [5, 5.41) is 4.65. The quantitative estimate of drug-likeness (QED) is 0.707. The van der Waals surface area contributed by atoms with Crippen molar-refractivity contribution in [1.29, 1.82) is 0 Å². The van der Waals surface area contributed by atoms with E-state index < -0.39 is 0 Å². The first-order chi connectivity index (χ1) is 11.6. The van der Waals surface area contributed by atoms with Crippen LogP contribution in [0, 0.1) is 0 Å². The molecule has 0 aliphatic carbocycles. The number of amides is 1. The van der Waals surface area contributed by atoms with Crippen molar-refractivity contribution in [3.8, 4) is 11.4 Å². The van der Waals surface area contributed by atoms with Gasteiger partial charge in [0.15, 0.2) is 0 Å². The van der Waals surface area contributed by atoms with Gasteiger partial charge in [-0.25, -0.2) is 0 Å². The normalized spacial score (nSPS) is 16.2. The molecule has 0 N–H and O–H groups in total. The Hall–Kier alpha value is -2.66. The molecule has 6 heteroatoms. The summed E-state index contributed by atoms with van der Waals surface area (Å²) in [6.07, 6.45) is 0.660. The van der Waals surface area contributed by atoms with E-state index in [-0.39, 0.29) is 11.9 Å². The molecule has 2 heterocycles. The van der Waals surface area contributed by atoms with Crippen molar-refractivity contribution < 1.29 is 9.32 Å². The lowest BCUT2D eigenvalue weighted by molar-refractivity contribution is -0.117. The fraction of sp³-hybridized carbons (Fsp3) is 0.167. The third-order valence-corrected chi connectivity index (χ3v) is 4.36. The highest BCUT2D eigenvalue weighted by atomic mass is 35.5. The average molecular weight is 340 g/mol. The van der Waals surface area contributed by atoms with Gasteiger partial charge >= 0.3 is 0 Å². The zero-order valence-electron chi connectivity index (χ0n) is 12.9. The molecule has 1 aliphatic rings. The molecular weight excluding hydrogens is 326 g/mol. The molecule has 0 bridgehead atoms. The number of halogens is 1. The molecule has 1 atom stereocenters. The number of nitrogens with zero attached hydrogens (tertiary/aromatic N) is 3. The molecule has 120 valence electrons. The van der Waals surface area contributed by atoms with Crippen LogP contribution in [-0.4, -0.2) is 16.0 Å². The van der Waals surface area contributed by atoms with Crippen molar-refractivity contribution in [1.82, 2.24) is 10.1 Å². The van der Waals surface area contributed by atoms with Crippen molar-refractivity contribution in [2.75, 3.05) is 4.90 Å². The van der Waals surface area contributed by atoms with Crippen LogP contribution in [0.25, 0.3) is 11.4 Å². The van der Waals surface area contributed by atoms with Crippen LogP contribution in [0.3, 0.4) is 0 Å². The maximum Gasteiger partial charge on any atom is 0.250 e. The predicted octanol–water partition coefficient (Wildman–Crippen LogP) is 4.04. The highest BCUT2D eigenvalue weighted by Crippen LogP contribution is 2.40. The van der Waals surface area contributed by atoms with E-state index in [0.717, 1.165) is 16.8 Å². The molecule has 0 spiro atoms. The number of carbonyl (C=O) groups is 1. The monoisotopic (exact) mass is 339 g/mol. The number of hydrogen-bond acceptors (Lipinski definition) is 4. The first-order valence-electron chi connectivity index (χ1n) is 7.61. The third-order valence-electron chi connectivity index (χ3n) is 4.12. The van der Waals surface area contributed by atoms with Crippen LogP contribution in [0.1, 0.15) is 24.4 Å². The van der Waals surface area contributed by atoms with E-state index in [1.54, 1.807) is 24.0 Å². The first kappa shape index (κ1) is 14.9. The Labute approximate surface area is 143 Å². The van der Waals surface area contributed by atoms with Crippen LogP contribution in [0.4, 0.5) is 5.69 Å². The summed E-state index contributed by atoms with van der Waals surface area (Å²) in [5.41, 5.74) is 2.78. The van der Waals surface area contributed by atoms with Crippen LogP contribution in [0.2, 0.25) is 5.02 Å². The fourth-order valence-electron chi connectivity index (χ4n) is 3.09. The molecule has 0 saturated carbocycles. The Kier molecular flexibility index (Phi) is 3.58. The van der Waals surface area contributed by atoms with Gasteiger partial charge in [0.2, 0.25) is 17.6 Å². The zero-order chi connectivity index (χ0) is 16.7. The average Bonchev–Trinajstić information content (AvgIpc) is 3.19. The zero-order valence-corrected chi connectivity index (χ0v) is 13.7. The van der Waals surface area contributed by atoms with Crippen molar-refractivity contribution in [3.05, 3.63) is 65.0 Å². The molecule has 3 aromatic rings. The minimum Gasteiger partial charge on any atom is -0.337 e. The number of para-hydroxylation sites is 1. The highest BCUT2D eigenvalue weighted by molar-refractivity contribution is 6.30. The van der Waals surface area contributed by atoms with E-state index in [1.807, 2.05) is 36.4 Å². The Bertz CT molecular complexity index is 922. The molecule has 1 amide bonds. The third kappa shape index (κ3) is 2.47. The molecule has 24 heavy (non-hydrogen) atoms. The van der Waals surface area contributed by atoms with Crippen molar-refractivity contribution in [2.45, 2.75) is 19.4 Å². The molecule has 2 aromatic carbocycles. The first-order valence-corrected chi connectivity index (χ1v) is 7.98. The number of hydrogen-bond donors (Lipinski definition) is 0. The number of aromatic nitrogens is 2. The van der Waals surface area contributed by atoms with Gasteiger partial charge < -0.3 is 4.52 Å².